The summed E-state index contributed by atoms with van der Waals surface area (Å²) in [5.74, 6) is 1.72. The van der Waals surface area contributed by atoms with Gasteiger partial charge in [0.25, 0.3) is 0 Å². The zero-order valence-electron chi connectivity index (χ0n) is 14.0. The first-order valence-electron chi connectivity index (χ1n) is 8.06. The van der Waals surface area contributed by atoms with Crippen LogP contribution in [0.25, 0.3) is 0 Å². The lowest BCUT2D eigenvalue weighted by atomic mass is 9.96. The van der Waals surface area contributed by atoms with Crippen molar-refractivity contribution in [3.05, 3.63) is 29.8 Å². The molecule has 1 unspecified atom stereocenters. The fourth-order valence-electron chi connectivity index (χ4n) is 2.94. The Bertz CT molecular complexity index is 439. The zero-order valence-corrected chi connectivity index (χ0v) is 14.0. The molecule has 3 heteroatoms. The molecule has 0 saturated carbocycles. The lowest BCUT2D eigenvalue weighted by Gasteiger charge is -2.34. The summed E-state index contributed by atoms with van der Waals surface area (Å²) in [5, 5.41) is 3.65. The second-order valence-electron chi connectivity index (χ2n) is 7.23. The van der Waals surface area contributed by atoms with Crippen molar-refractivity contribution < 1.29 is 4.74 Å². The largest absolute Gasteiger partial charge is 0.497 e. The molecule has 1 saturated heterocycles. The van der Waals surface area contributed by atoms with Gasteiger partial charge in [0.05, 0.1) is 7.11 Å². The van der Waals surface area contributed by atoms with E-state index in [9.17, 15) is 0 Å². The highest BCUT2D eigenvalue weighted by molar-refractivity contribution is 5.28. The molecule has 118 valence electrons. The molecule has 0 aliphatic carbocycles. The van der Waals surface area contributed by atoms with E-state index in [1.54, 1.807) is 7.11 Å². The Morgan fingerprint density at radius 1 is 1.33 bits per heavy atom. The van der Waals surface area contributed by atoms with Crippen LogP contribution in [0.15, 0.2) is 24.3 Å². The van der Waals surface area contributed by atoms with Gasteiger partial charge in [-0.1, -0.05) is 12.1 Å². The quantitative estimate of drug-likeness (QED) is 0.900. The van der Waals surface area contributed by atoms with Crippen molar-refractivity contribution in [3.8, 4) is 5.75 Å². The van der Waals surface area contributed by atoms with E-state index in [-0.39, 0.29) is 5.54 Å². The van der Waals surface area contributed by atoms with Crippen LogP contribution >= 0.6 is 0 Å². The number of nitrogens with one attached hydrogen (secondary N) is 1. The number of benzene rings is 1. The maximum Gasteiger partial charge on any atom is 0.119 e. The third-order valence-corrected chi connectivity index (χ3v) is 4.06. The Labute approximate surface area is 129 Å². The van der Waals surface area contributed by atoms with Crippen molar-refractivity contribution in [1.29, 1.82) is 0 Å². The third-order valence-electron chi connectivity index (χ3n) is 4.06. The molecule has 0 radical (unpaired) electrons. The van der Waals surface area contributed by atoms with Gasteiger partial charge in [0.15, 0.2) is 0 Å². The summed E-state index contributed by atoms with van der Waals surface area (Å²) in [5.41, 5.74) is 1.56. The van der Waals surface area contributed by atoms with E-state index < -0.39 is 0 Å². The molecule has 0 spiro atoms. The van der Waals surface area contributed by atoms with E-state index in [1.165, 1.54) is 31.5 Å². The fraction of sp³-hybridized carbons (Fsp3) is 0.667. The van der Waals surface area contributed by atoms with E-state index in [4.69, 9.17) is 4.74 Å². The smallest absolute Gasteiger partial charge is 0.119 e. The van der Waals surface area contributed by atoms with Gasteiger partial charge in [0, 0.05) is 18.6 Å². The molecule has 2 rings (SSSR count). The van der Waals surface area contributed by atoms with Crippen LogP contribution in [-0.2, 0) is 6.54 Å². The van der Waals surface area contributed by atoms with E-state index in [2.05, 4.69) is 49.2 Å². The van der Waals surface area contributed by atoms with Crippen molar-refractivity contribution in [2.75, 3.05) is 26.7 Å². The SMILES string of the molecule is COc1cccc(CN2CCCC(CNC(C)(C)C)C2)c1. The Morgan fingerprint density at radius 2 is 2.14 bits per heavy atom. The minimum absolute atomic E-state index is 0.217. The number of hydrogen-bond donors (Lipinski definition) is 1. The second kappa shape index (κ2) is 7.28. The van der Waals surface area contributed by atoms with E-state index >= 15 is 0 Å². The summed E-state index contributed by atoms with van der Waals surface area (Å²) >= 11 is 0. The van der Waals surface area contributed by atoms with Crippen LogP contribution in [0.1, 0.15) is 39.2 Å². The van der Waals surface area contributed by atoms with Gasteiger partial charge in [-0.05, 0) is 70.3 Å². The lowest BCUT2D eigenvalue weighted by Crippen LogP contribution is -2.44. The van der Waals surface area contributed by atoms with Gasteiger partial charge in [-0.3, -0.25) is 4.90 Å². The fourth-order valence-corrected chi connectivity index (χ4v) is 2.94. The molecule has 1 aliphatic rings. The number of nitrogens with zero attached hydrogens (tertiary/aromatic N) is 1. The van der Waals surface area contributed by atoms with Gasteiger partial charge in [0.1, 0.15) is 5.75 Å². The normalized spacial score (nSPS) is 20.5. The topological polar surface area (TPSA) is 24.5 Å². The predicted octanol–water partition coefficient (Wildman–Crippen LogP) is 3.30. The van der Waals surface area contributed by atoms with E-state index in [0.29, 0.717) is 0 Å². The molecular formula is C18H30N2O. The molecule has 1 aromatic carbocycles. The monoisotopic (exact) mass is 290 g/mol. The van der Waals surface area contributed by atoms with Gasteiger partial charge in [-0.15, -0.1) is 0 Å². The van der Waals surface area contributed by atoms with Crippen LogP contribution < -0.4 is 10.1 Å². The summed E-state index contributed by atoms with van der Waals surface area (Å²) in [6.45, 7) is 11.3. The molecule has 1 atom stereocenters. The number of piperidine rings is 1. The molecule has 1 heterocycles. The minimum atomic E-state index is 0.217. The summed E-state index contributed by atoms with van der Waals surface area (Å²) in [4.78, 5) is 2.58. The number of ether oxygens (including phenoxy) is 1. The van der Waals surface area contributed by atoms with Crippen LogP contribution in [0, 0.1) is 5.92 Å². The lowest BCUT2D eigenvalue weighted by molar-refractivity contribution is 0.159. The Morgan fingerprint density at radius 3 is 2.86 bits per heavy atom. The van der Waals surface area contributed by atoms with Crippen molar-refractivity contribution in [2.45, 2.75) is 45.7 Å². The molecule has 1 N–H and O–H groups in total. The highest BCUT2D eigenvalue weighted by Gasteiger charge is 2.21. The summed E-state index contributed by atoms with van der Waals surface area (Å²) in [6.07, 6.45) is 2.65. The van der Waals surface area contributed by atoms with Crippen LogP contribution in [0.3, 0.4) is 0 Å². The molecule has 0 bridgehead atoms. The highest BCUT2D eigenvalue weighted by atomic mass is 16.5. The Kier molecular flexibility index (Phi) is 5.65. The van der Waals surface area contributed by atoms with E-state index in [1.807, 2.05) is 6.07 Å². The maximum absolute atomic E-state index is 5.31. The second-order valence-corrected chi connectivity index (χ2v) is 7.23. The van der Waals surface area contributed by atoms with Crippen molar-refractivity contribution >= 4 is 0 Å². The number of likely N-dealkylation sites (tertiary alicyclic amines) is 1. The third kappa shape index (κ3) is 5.68. The number of hydrogen-bond acceptors (Lipinski definition) is 3. The van der Waals surface area contributed by atoms with Crippen LogP contribution in [0.5, 0.6) is 5.75 Å². The van der Waals surface area contributed by atoms with Crippen LogP contribution in [0.2, 0.25) is 0 Å². The Balaban J connectivity index is 1.86. The predicted molar refractivity (Wildman–Crippen MR) is 88.8 cm³/mol. The van der Waals surface area contributed by atoms with Gasteiger partial charge in [0.2, 0.25) is 0 Å². The standard InChI is InChI=1S/C18H30N2O/c1-18(2,3)19-12-16-8-6-10-20(14-16)13-15-7-5-9-17(11-15)21-4/h5,7,9,11,16,19H,6,8,10,12-14H2,1-4H3. The van der Waals surface area contributed by atoms with Crippen molar-refractivity contribution in [2.24, 2.45) is 5.92 Å². The molecule has 0 aromatic heterocycles. The van der Waals surface area contributed by atoms with E-state index in [0.717, 1.165) is 24.8 Å². The Hall–Kier alpha value is -1.06. The first-order valence-corrected chi connectivity index (χ1v) is 8.06. The number of methoxy groups -OCH3 is 1. The van der Waals surface area contributed by atoms with Crippen molar-refractivity contribution in [3.63, 3.8) is 0 Å². The summed E-state index contributed by atoms with van der Waals surface area (Å²) < 4.78 is 5.31. The zero-order chi connectivity index (χ0) is 15.3. The molecule has 1 aliphatic heterocycles. The molecule has 0 amide bonds. The highest BCUT2D eigenvalue weighted by Crippen LogP contribution is 2.20. The van der Waals surface area contributed by atoms with Crippen LogP contribution in [-0.4, -0.2) is 37.2 Å². The first kappa shape index (κ1) is 16.3. The molecule has 3 nitrogen and oxygen atoms in total. The number of rotatable bonds is 5. The molecule has 1 aromatic rings. The maximum atomic E-state index is 5.31. The average Bonchev–Trinajstić information content (AvgIpc) is 2.45. The van der Waals surface area contributed by atoms with Gasteiger partial charge < -0.3 is 10.1 Å². The van der Waals surface area contributed by atoms with Gasteiger partial charge in [-0.2, -0.15) is 0 Å². The first-order chi connectivity index (χ1) is 9.96. The average molecular weight is 290 g/mol. The molecule has 1 fully saturated rings. The summed E-state index contributed by atoms with van der Waals surface area (Å²) in [6, 6.07) is 8.43. The van der Waals surface area contributed by atoms with Gasteiger partial charge in [-0.25, -0.2) is 0 Å². The van der Waals surface area contributed by atoms with Crippen molar-refractivity contribution in [1.82, 2.24) is 10.2 Å². The summed E-state index contributed by atoms with van der Waals surface area (Å²) in [7, 11) is 1.73. The van der Waals surface area contributed by atoms with Gasteiger partial charge >= 0.3 is 0 Å². The minimum Gasteiger partial charge on any atom is -0.497 e. The molecule has 21 heavy (non-hydrogen) atoms. The molecular weight excluding hydrogens is 260 g/mol. The van der Waals surface area contributed by atoms with Crippen LogP contribution in [0.4, 0.5) is 0 Å².